The van der Waals surface area contributed by atoms with Gasteiger partial charge in [-0.1, -0.05) is 11.6 Å². The number of nitrogens with zero attached hydrogens (tertiary/aromatic N) is 2. The quantitative estimate of drug-likeness (QED) is 0.875. The maximum atomic E-state index is 13.0. The molecule has 2 fully saturated rings. The Morgan fingerprint density at radius 3 is 2.63 bits per heavy atom. The number of hydrogen-bond acceptors (Lipinski definition) is 4. The number of hydrogen-bond donors (Lipinski definition) is 1. The predicted molar refractivity (Wildman–Crippen MR) is 104 cm³/mol. The number of carbonyl (C=O) groups is 2. The van der Waals surface area contributed by atoms with Crippen LogP contribution in [-0.2, 0) is 4.79 Å². The van der Waals surface area contributed by atoms with E-state index in [0.29, 0.717) is 35.5 Å². The Bertz CT molecular complexity index is 886. The number of carbonyl (C=O) groups excluding carboxylic acids is 2. The summed E-state index contributed by atoms with van der Waals surface area (Å²) in [5.41, 5.74) is 7.05. The van der Waals surface area contributed by atoms with Crippen molar-refractivity contribution in [2.45, 2.75) is 44.7 Å². The Balaban J connectivity index is 1.46. The summed E-state index contributed by atoms with van der Waals surface area (Å²) >= 11 is 6.07. The second kappa shape index (κ2) is 7.17. The molecule has 0 saturated carbocycles. The molecule has 3 heterocycles. The molecule has 1 aromatic heterocycles. The highest BCUT2D eigenvalue weighted by Gasteiger charge is 2.37. The predicted octanol–water partition coefficient (Wildman–Crippen LogP) is 2.95. The number of rotatable bonds is 3. The monoisotopic (exact) mass is 389 g/mol. The summed E-state index contributed by atoms with van der Waals surface area (Å²) in [6, 6.07) is 5.54. The summed E-state index contributed by atoms with van der Waals surface area (Å²) in [7, 11) is 0. The molecule has 144 valence electrons. The number of amides is 2. The van der Waals surface area contributed by atoms with Crippen LogP contribution in [0.4, 0.5) is 0 Å². The summed E-state index contributed by atoms with van der Waals surface area (Å²) in [6.07, 6.45) is 3.55. The number of fused-ring (bicyclic) bond motifs is 1. The molecule has 0 bridgehead atoms. The van der Waals surface area contributed by atoms with Gasteiger partial charge in [0.25, 0.3) is 5.91 Å². The third-order valence-electron chi connectivity index (χ3n) is 5.94. The fourth-order valence-corrected chi connectivity index (χ4v) is 4.65. The van der Waals surface area contributed by atoms with Crippen LogP contribution in [0.3, 0.4) is 0 Å². The SMILES string of the molecule is Cc1c(C(=O)N2CCC(N3CCCC3C(N)=O)CC2)oc2ccc(Cl)cc12. The molecular formula is C20H24ClN3O3. The van der Waals surface area contributed by atoms with E-state index < -0.39 is 0 Å². The molecule has 2 saturated heterocycles. The standard InChI is InChI=1S/C20H24ClN3O3/c1-12-15-11-13(21)4-5-17(15)27-18(12)20(26)23-9-6-14(7-10-23)24-8-2-3-16(24)19(22)25/h4-5,11,14,16H,2-3,6-10H2,1H3,(H2,22,25). The maximum absolute atomic E-state index is 13.0. The topological polar surface area (TPSA) is 79.8 Å². The van der Waals surface area contributed by atoms with Gasteiger partial charge in [-0.25, -0.2) is 0 Å². The minimum atomic E-state index is -0.234. The van der Waals surface area contributed by atoms with Crippen molar-refractivity contribution in [2.24, 2.45) is 5.73 Å². The van der Waals surface area contributed by atoms with Crippen molar-refractivity contribution in [3.63, 3.8) is 0 Å². The summed E-state index contributed by atoms with van der Waals surface area (Å²) in [5, 5.41) is 1.50. The van der Waals surface area contributed by atoms with Gasteiger partial charge in [-0.15, -0.1) is 0 Å². The van der Waals surface area contributed by atoms with Crippen molar-refractivity contribution in [3.05, 3.63) is 34.5 Å². The average Bonchev–Trinajstić information content (AvgIpc) is 3.27. The molecule has 2 N–H and O–H groups in total. The first-order valence-electron chi connectivity index (χ1n) is 9.48. The molecule has 0 aliphatic carbocycles. The van der Waals surface area contributed by atoms with Gasteiger partial charge in [0.2, 0.25) is 5.91 Å². The fraction of sp³-hybridized carbons (Fsp3) is 0.500. The van der Waals surface area contributed by atoms with Gasteiger partial charge < -0.3 is 15.1 Å². The number of aryl methyl sites for hydroxylation is 1. The van der Waals surface area contributed by atoms with E-state index in [4.69, 9.17) is 21.8 Å². The van der Waals surface area contributed by atoms with E-state index in [2.05, 4.69) is 4.90 Å². The second-order valence-electron chi connectivity index (χ2n) is 7.52. The zero-order valence-electron chi connectivity index (χ0n) is 15.4. The lowest BCUT2D eigenvalue weighted by Crippen LogP contribution is -2.51. The van der Waals surface area contributed by atoms with Crippen LogP contribution >= 0.6 is 11.6 Å². The van der Waals surface area contributed by atoms with Crippen LogP contribution in [0.5, 0.6) is 0 Å². The zero-order valence-corrected chi connectivity index (χ0v) is 16.2. The van der Waals surface area contributed by atoms with Crippen LogP contribution in [0.1, 0.15) is 41.8 Å². The number of benzene rings is 1. The fourth-order valence-electron chi connectivity index (χ4n) is 4.47. The van der Waals surface area contributed by atoms with Crippen molar-refractivity contribution >= 4 is 34.4 Å². The van der Waals surface area contributed by atoms with Gasteiger partial charge in [-0.2, -0.15) is 0 Å². The number of piperidine rings is 1. The molecule has 1 aromatic carbocycles. The van der Waals surface area contributed by atoms with E-state index in [0.717, 1.165) is 43.2 Å². The molecule has 2 aromatic rings. The van der Waals surface area contributed by atoms with Crippen LogP contribution in [0.25, 0.3) is 11.0 Å². The number of nitrogens with two attached hydrogens (primary N) is 1. The number of likely N-dealkylation sites (tertiary alicyclic amines) is 2. The molecule has 2 aliphatic heterocycles. The third-order valence-corrected chi connectivity index (χ3v) is 6.17. The number of furan rings is 1. The van der Waals surface area contributed by atoms with Gasteiger partial charge in [0.15, 0.2) is 5.76 Å². The highest BCUT2D eigenvalue weighted by Crippen LogP contribution is 2.30. The minimum Gasteiger partial charge on any atom is -0.451 e. The Morgan fingerprint density at radius 1 is 1.19 bits per heavy atom. The zero-order chi connectivity index (χ0) is 19.1. The molecule has 0 radical (unpaired) electrons. The molecule has 2 amide bonds. The normalized spacial score (nSPS) is 21.9. The summed E-state index contributed by atoms with van der Waals surface area (Å²) < 4.78 is 5.82. The lowest BCUT2D eigenvalue weighted by molar-refractivity contribution is -0.123. The van der Waals surface area contributed by atoms with E-state index in [1.165, 1.54) is 0 Å². The average molecular weight is 390 g/mol. The summed E-state index contributed by atoms with van der Waals surface area (Å²) in [6.45, 7) is 4.12. The lowest BCUT2D eigenvalue weighted by Gasteiger charge is -2.38. The van der Waals surface area contributed by atoms with E-state index in [1.807, 2.05) is 17.9 Å². The van der Waals surface area contributed by atoms with Crippen molar-refractivity contribution in [1.29, 1.82) is 0 Å². The molecule has 2 aliphatic rings. The van der Waals surface area contributed by atoms with E-state index in [-0.39, 0.29) is 17.9 Å². The first kappa shape index (κ1) is 18.3. The Labute approximate surface area is 163 Å². The highest BCUT2D eigenvalue weighted by molar-refractivity contribution is 6.31. The largest absolute Gasteiger partial charge is 0.451 e. The first-order valence-corrected chi connectivity index (χ1v) is 9.86. The van der Waals surface area contributed by atoms with Gasteiger partial charge in [0.05, 0.1) is 6.04 Å². The lowest BCUT2D eigenvalue weighted by atomic mass is 10.0. The van der Waals surface area contributed by atoms with E-state index >= 15 is 0 Å². The van der Waals surface area contributed by atoms with Crippen molar-refractivity contribution in [3.8, 4) is 0 Å². The molecular weight excluding hydrogens is 366 g/mol. The molecule has 6 nitrogen and oxygen atoms in total. The van der Waals surface area contributed by atoms with Gasteiger partial charge in [0, 0.05) is 35.1 Å². The maximum Gasteiger partial charge on any atom is 0.289 e. The van der Waals surface area contributed by atoms with Crippen LogP contribution in [-0.4, -0.2) is 53.3 Å². The molecule has 1 atom stereocenters. The van der Waals surface area contributed by atoms with Gasteiger partial charge in [-0.3, -0.25) is 14.5 Å². The molecule has 7 heteroatoms. The molecule has 27 heavy (non-hydrogen) atoms. The smallest absolute Gasteiger partial charge is 0.289 e. The number of primary amides is 1. The molecule has 4 rings (SSSR count). The van der Waals surface area contributed by atoms with Crippen LogP contribution in [0.2, 0.25) is 5.02 Å². The van der Waals surface area contributed by atoms with Crippen LogP contribution in [0, 0.1) is 6.92 Å². The molecule has 1 unspecified atom stereocenters. The summed E-state index contributed by atoms with van der Waals surface area (Å²) in [4.78, 5) is 28.7. The van der Waals surface area contributed by atoms with E-state index in [1.54, 1.807) is 12.1 Å². The molecule has 0 spiro atoms. The first-order chi connectivity index (χ1) is 13.0. The minimum absolute atomic E-state index is 0.0776. The van der Waals surface area contributed by atoms with Crippen molar-refractivity contribution in [1.82, 2.24) is 9.80 Å². The third kappa shape index (κ3) is 3.32. The van der Waals surface area contributed by atoms with Crippen LogP contribution < -0.4 is 5.73 Å². The Kier molecular flexibility index (Phi) is 4.86. The summed E-state index contributed by atoms with van der Waals surface area (Å²) in [5.74, 6) is 0.0793. The van der Waals surface area contributed by atoms with Crippen molar-refractivity contribution in [2.75, 3.05) is 19.6 Å². The van der Waals surface area contributed by atoms with Crippen molar-refractivity contribution < 1.29 is 14.0 Å². The Morgan fingerprint density at radius 2 is 1.93 bits per heavy atom. The van der Waals surface area contributed by atoms with Gasteiger partial charge in [0.1, 0.15) is 5.58 Å². The van der Waals surface area contributed by atoms with Gasteiger partial charge >= 0.3 is 0 Å². The second-order valence-corrected chi connectivity index (χ2v) is 7.95. The highest BCUT2D eigenvalue weighted by atomic mass is 35.5. The Hall–Kier alpha value is -2.05. The van der Waals surface area contributed by atoms with E-state index in [9.17, 15) is 9.59 Å². The number of halogens is 1. The van der Waals surface area contributed by atoms with Gasteiger partial charge in [-0.05, 0) is 57.4 Å². The van der Waals surface area contributed by atoms with Crippen LogP contribution in [0.15, 0.2) is 22.6 Å².